The van der Waals surface area contributed by atoms with E-state index in [0.717, 1.165) is 24.9 Å². The van der Waals surface area contributed by atoms with E-state index < -0.39 is 0 Å². The molecule has 6 nitrogen and oxygen atoms in total. The first-order valence-corrected chi connectivity index (χ1v) is 5.30. The Hall–Kier alpha value is -1.69. The summed E-state index contributed by atoms with van der Waals surface area (Å²) in [4.78, 5) is 13.2. The molecule has 16 heavy (non-hydrogen) atoms. The van der Waals surface area contributed by atoms with Crippen LogP contribution >= 0.6 is 0 Å². The maximum absolute atomic E-state index is 11.3. The molecule has 0 spiro atoms. The van der Waals surface area contributed by atoms with Gasteiger partial charge in [-0.25, -0.2) is 0 Å². The van der Waals surface area contributed by atoms with Crippen LogP contribution in [0.4, 0.5) is 5.82 Å². The van der Waals surface area contributed by atoms with Crippen LogP contribution in [-0.4, -0.2) is 28.7 Å². The minimum Gasteiger partial charge on any atom is -0.368 e. The van der Waals surface area contributed by atoms with E-state index in [4.69, 9.17) is 11.5 Å². The van der Waals surface area contributed by atoms with Crippen molar-refractivity contribution in [1.29, 1.82) is 0 Å². The molecule has 1 aromatic rings. The number of rotatable bonds is 3. The van der Waals surface area contributed by atoms with Crippen LogP contribution in [0.25, 0.3) is 0 Å². The molecular weight excluding hydrogens is 206 g/mol. The normalized spacial score (nSPS) is 20.1. The van der Waals surface area contributed by atoms with Crippen molar-refractivity contribution in [2.75, 3.05) is 11.4 Å². The monoisotopic (exact) mass is 221 g/mol. The van der Waals surface area contributed by atoms with Crippen molar-refractivity contribution in [3.05, 3.63) is 17.8 Å². The highest BCUT2D eigenvalue weighted by atomic mass is 16.1. The van der Waals surface area contributed by atoms with Crippen molar-refractivity contribution in [1.82, 2.24) is 10.2 Å². The lowest BCUT2D eigenvalue weighted by Gasteiger charge is -2.24. The summed E-state index contributed by atoms with van der Waals surface area (Å²) >= 11 is 0. The fourth-order valence-electron chi connectivity index (χ4n) is 2.07. The lowest BCUT2D eigenvalue weighted by molar-refractivity contribution is -0.119. The Morgan fingerprint density at radius 1 is 1.62 bits per heavy atom. The van der Waals surface area contributed by atoms with Crippen molar-refractivity contribution in [3.63, 3.8) is 0 Å². The zero-order chi connectivity index (χ0) is 11.5. The predicted octanol–water partition coefficient (Wildman–Crippen LogP) is -0.611. The topological polar surface area (TPSA) is 98.1 Å². The third-order valence-electron chi connectivity index (χ3n) is 2.86. The average molecular weight is 221 g/mol. The summed E-state index contributed by atoms with van der Waals surface area (Å²) in [6, 6.07) is 1.54. The van der Waals surface area contributed by atoms with Gasteiger partial charge >= 0.3 is 0 Å². The van der Waals surface area contributed by atoms with Crippen molar-refractivity contribution in [2.24, 2.45) is 11.5 Å². The third-order valence-corrected chi connectivity index (χ3v) is 2.86. The van der Waals surface area contributed by atoms with Crippen molar-refractivity contribution >= 4 is 11.7 Å². The molecule has 1 saturated heterocycles. The molecule has 1 aromatic heterocycles. The highest BCUT2D eigenvalue weighted by Crippen LogP contribution is 2.25. The molecule has 1 aliphatic heterocycles. The van der Waals surface area contributed by atoms with E-state index in [0.29, 0.717) is 12.4 Å². The van der Waals surface area contributed by atoms with Gasteiger partial charge in [-0.05, 0) is 18.9 Å². The Morgan fingerprint density at radius 3 is 3.12 bits per heavy atom. The molecule has 0 aliphatic carbocycles. The Morgan fingerprint density at radius 2 is 2.44 bits per heavy atom. The lowest BCUT2D eigenvalue weighted by Crippen LogP contribution is -2.41. The highest BCUT2D eigenvalue weighted by Gasteiger charge is 2.31. The van der Waals surface area contributed by atoms with Crippen molar-refractivity contribution in [3.8, 4) is 0 Å². The first kappa shape index (κ1) is 10.8. The van der Waals surface area contributed by atoms with Crippen LogP contribution in [0.1, 0.15) is 18.4 Å². The second-order valence-corrected chi connectivity index (χ2v) is 3.84. The second kappa shape index (κ2) is 4.44. The average Bonchev–Trinajstić information content (AvgIpc) is 2.77. The smallest absolute Gasteiger partial charge is 0.240 e. The number of nitrogens with two attached hydrogens (primary N) is 2. The molecule has 1 amide bonds. The van der Waals surface area contributed by atoms with Crippen molar-refractivity contribution in [2.45, 2.75) is 25.4 Å². The summed E-state index contributed by atoms with van der Waals surface area (Å²) in [5.41, 5.74) is 11.9. The Kier molecular flexibility index (Phi) is 3.00. The van der Waals surface area contributed by atoms with Gasteiger partial charge in [0.2, 0.25) is 5.91 Å². The number of carbonyl (C=O) groups excluding carboxylic acids is 1. The summed E-state index contributed by atoms with van der Waals surface area (Å²) < 4.78 is 0. The van der Waals surface area contributed by atoms with Crippen LogP contribution in [0.15, 0.2) is 12.3 Å². The van der Waals surface area contributed by atoms with Gasteiger partial charge in [0.25, 0.3) is 0 Å². The number of carbonyl (C=O) groups is 1. The molecule has 1 atom stereocenters. The van der Waals surface area contributed by atoms with E-state index in [2.05, 4.69) is 10.2 Å². The van der Waals surface area contributed by atoms with Gasteiger partial charge in [-0.15, -0.1) is 5.10 Å². The number of nitrogens with zero attached hydrogens (tertiary/aromatic N) is 3. The van der Waals surface area contributed by atoms with Crippen LogP contribution < -0.4 is 16.4 Å². The molecule has 4 N–H and O–H groups in total. The molecule has 0 bridgehead atoms. The van der Waals surface area contributed by atoms with Gasteiger partial charge in [0.1, 0.15) is 6.04 Å². The first-order chi connectivity index (χ1) is 7.74. The number of amides is 1. The SMILES string of the molecule is NCc1ccnnc1N1CCCC1C(N)=O. The van der Waals surface area contributed by atoms with Gasteiger partial charge in [-0.3, -0.25) is 4.79 Å². The van der Waals surface area contributed by atoms with E-state index in [1.165, 1.54) is 0 Å². The highest BCUT2D eigenvalue weighted by molar-refractivity contribution is 5.84. The van der Waals surface area contributed by atoms with E-state index >= 15 is 0 Å². The summed E-state index contributed by atoms with van der Waals surface area (Å²) in [6.45, 7) is 1.16. The molecule has 0 radical (unpaired) electrons. The fourth-order valence-corrected chi connectivity index (χ4v) is 2.07. The Balaban J connectivity index is 2.32. The van der Waals surface area contributed by atoms with Gasteiger partial charge in [0, 0.05) is 18.7 Å². The molecule has 6 heteroatoms. The Bertz CT molecular complexity index is 395. The van der Waals surface area contributed by atoms with Gasteiger partial charge in [-0.2, -0.15) is 5.10 Å². The molecule has 86 valence electrons. The number of hydrogen-bond acceptors (Lipinski definition) is 5. The Labute approximate surface area is 93.6 Å². The van der Waals surface area contributed by atoms with E-state index in [9.17, 15) is 4.79 Å². The second-order valence-electron chi connectivity index (χ2n) is 3.84. The summed E-state index contributed by atoms with van der Waals surface area (Å²) in [5, 5.41) is 7.88. The maximum Gasteiger partial charge on any atom is 0.240 e. The van der Waals surface area contributed by atoms with Crippen LogP contribution in [0.5, 0.6) is 0 Å². The number of primary amides is 1. The van der Waals surface area contributed by atoms with Gasteiger partial charge < -0.3 is 16.4 Å². The van der Waals surface area contributed by atoms with Gasteiger partial charge in [0.05, 0.1) is 6.20 Å². The van der Waals surface area contributed by atoms with Crippen molar-refractivity contribution < 1.29 is 4.79 Å². The maximum atomic E-state index is 11.3. The number of aromatic nitrogens is 2. The summed E-state index contributed by atoms with van der Waals surface area (Å²) in [5.74, 6) is 0.373. The quantitative estimate of drug-likeness (QED) is 0.709. The molecule has 2 heterocycles. The largest absolute Gasteiger partial charge is 0.368 e. The van der Waals surface area contributed by atoms with Gasteiger partial charge in [-0.1, -0.05) is 0 Å². The number of hydrogen-bond donors (Lipinski definition) is 2. The molecule has 1 fully saturated rings. The standard InChI is InChI=1S/C10H15N5O/c11-6-7-3-4-13-14-10(7)15-5-1-2-8(15)9(12)16/h3-4,8H,1-2,5-6,11H2,(H2,12,16). The summed E-state index contributed by atoms with van der Waals surface area (Å²) in [7, 11) is 0. The zero-order valence-corrected chi connectivity index (χ0v) is 8.97. The summed E-state index contributed by atoms with van der Waals surface area (Å²) in [6.07, 6.45) is 3.31. The fraction of sp³-hybridized carbons (Fsp3) is 0.500. The molecule has 0 aromatic carbocycles. The predicted molar refractivity (Wildman–Crippen MR) is 59.5 cm³/mol. The lowest BCUT2D eigenvalue weighted by atomic mass is 10.2. The molecule has 1 aliphatic rings. The van der Waals surface area contributed by atoms with E-state index in [1.54, 1.807) is 6.20 Å². The molecule has 2 rings (SSSR count). The molecule has 0 saturated carbocycles. The zero-order valence-electron chi connectivity index (χ0n) is 8.97. The molecule has 1 unspecified atom stereocenters. The van der Waals surface area contributed by atoms with Gasteiger partial charge in [0.15, 0.2) is 5.82 Å². The minimum atomic E-state index is -0.314. The van der Waals surface area contributed by atoms with Crippen LogP contribution in [0.3, 0.4) is 0 Å². The third kappa shape index (κ3) is 1.83. The van der Waals surface area contributed by atoms with E-state index in [1.807, 2.05) is 11.0 Å². The number of anilines is 1. The molecular formula is C10H15N5O. The van der Waals surface area contributed by atoms with Crippen LogP contribution in [0.2, 0.25) is 0 Å². The minimum absolute atomic E-state index is 0.276. The van der Waals surface area contributed by atoms with E-state index in [-0.39, 0.29) is 11.9 Å². The van der Waals surface area contributed by atoms with Crippen LogP contribution in [0, 0.1) is 0 Å². The van der Waals surface area contributed by atoms with Crippen LogP contribution in [-0.2, 0) is 11.3 Å². The first-order valence-electron chi connectivity index (χ1n) is 5.30.